The number of carbonyl (C=O) groups is 1. The molecule has 8 heteroatoms. The number of carbonyl (C=O) groups excluding carboxylic acids is 1. The summed E-state index contributed by atoms with van der Waals surface area (Å²) in [6.45, 7) is 4.51. The van der Waals surface area contributed by atoms with Crippen molar-refractivity contribution in [2.75, 3.05) is 32.8 Å². The lowest BCUT2D eigenvalue weighted by molar-refractivity contribution is 0.0909. The number of aryl methyl sites for hydroxylation is 1. The molecule has 1 aromatic rings. The first-order valence-electron chi connectivity index (χ1n) is 8.95. The minimum absolute atomic E-state index is 0.0363. The zero-order chi connectivity index (χ0) is 17.9. The number of nitrogens with one attached hydrogen (secondary N) is 1. The van der Waals surface area contributed by atoms with Gasteiger partial charge in [-0.15, -0.1) is 0 Å². The number of furan rings is 1. The first kappa shape index (κ1) is 18.4. The fraction of sp³-hybridized carbons (Fsp3) is 0.706. The van der Waals surface area contributed by atoms with E-state index in [1.165, 1.54) is 23.2 Å². The van der Waals surface area contributed by atoms with Crippen molar-refractivity contribution in [1.29, 1.82) is 0 Å². The van der Waals surface area contributed by atoms with Gasteiger partial charge in [0.25, 0.3) is 5.91 Å². The van der Waals surface area contributed by atoms with Gasteiger partial charge in [-0.3, -0.25) is 4.79 Å². The standard InChI is InChI=1S/C17H26N2O5S/c1-13-16(25(21,22)19-8-2-3-9-19)11-15(24-13)17(20)18-7-4-10-23-12-14-5-6-14/h11,14H,2-10,12H2,1H3,(H,18,20). The highest BCUT2D eigenvalue weighted by Gasteiger charge is 2.31. The Bertz CT molecular complexity index is 703. The molecule has 0 bridgehead atoms. The Morgan fingerprint density at radius 2 is 2.08 bits per heavy atom. The molecule has 1 aliphatic carbocycles. The summed E-state index contributed by atoms with van der Waals surface area (Å²) in [6, 6.07) is 1.34. The monoisotopic (exact) mass is 370 g/mol. The van der Waals surface area contributed by atoms with Crippen molar-refractivity contribution >= 4 is 15.9 Å². The zero-order valence-electron chi connectivity index (χ0n) is 14.6. The second kappa shape index (κ2) is 7.88. The van der Waals surface area contributed by atoms with Gasteiger partial charge in [-0.2, -0.15) is 4.31 Å². The van der Waals surface area contributed by atoms with E-state index in [1.54, 1.807) is 6.92 Å². The highest BCUT2D eigenvalue weighted by atomic mass is 32.2. The van der Waals surface area contributed by atoms with E-state index in [0.29, 0.717) is 26.2 Å². The summed E-state index contributed by atoms with van der Waals surface area (Å²) in [4.78, 5) is 12.2. The van der Waals surface area contributed by atoms with E-state index >= 15 is 0 Å². The molecule has 2 fully saturated rings. The molecule has 0 radical (unpaired) electrons. The summed E-state index contributed by atoms with van der Waals surface area (Å²) in [5.41, 5.74) is 0. The lowest BCUT2D eigenvalue weighted by Gasteiger charge is -2.14. The quantitative estimate of drug-likeness (QED) is 0.671. The second-order valence-corrected chi connectivity index (χ2v) is 8.68. The molecule has 2 heterocycles. The normalized spacial score (nSPS) is 18.6. The lowest BCUT2D eigenvalue weighted by Crippen LogP contribution is -2.28. The van der Waals surface area contributed by atoms with Crippen molar-refractivity contribution in [1.82, 2.24) is 9.62 Å². The van der Waals surface area contributed by atoms with Gasteiger partial charge < -0.3 is 14.5 Å². The number of sulfonamides is 1. The van der Waals surface area contributed by atoms with Crippen LogP contribution in [0.15, 0.2) is 15.4 Å². The van der Waals surface area contributed by atoms with E-state index in [9.17, 15) is 13.2 Å². The molecule has 1 saturated heterocycles. The number of rotatable bonds is 9. The van der Waals surface area contributed by atoms with E-state index in [4.69, 9.17) is 9.15 Å². The molecule has 1 saturated carbocycles. The molecular formula is C17H26N2O5S. The van der Waals surface area contributed by atoms with E-state index in [2.05, 4.69) is 5.32 Å². The predicted molar refractivity (Wildman–Crippen MR) is 91.9 cm³/mol. The van der Waals surface area contributed by atoms with Crippen LogP contribution in [-0.4, -0.2) is 51.5 Å². The van der Waals surface area contributed by atoms with Gasteiger partial charge in [-0.25, -0.2) is 8.42 Å². The molecule has 7 nitrogen and oxygen atoms in total. The number of ether oxygens (including phenoxy) is 1. The van der Waals surface area contributed by atoms with Crippen molar-refractivity contribution < 1.29 is 22.4 Å². The summed E-state index contributed by atoms with van der Waals surface area (Å²) >= 11 is 0. The number of amides is 1. The van der Waals surface area contributed by atoms with Crippen LogP contribution in [0.4, 0.5) is 0 Å². The van der Waals surface area contributed by atoms with Gasteiger partial charge >= 0.3 is 0 Å². The van der Waals surface area contributed by atoms with E-state index in [-0.39, 0.29) is 16.4 Å². The highest BCUT2D eigenvalue weighted by Crippen LogP contribution is 2.28. The molecule has 1 aromatic heterocycles. The van der Waals surface area contributed by atoms with Crippen LogP contribution in [0.2, 0.25) is 0 Å². The highest BCUT2D eigenvalue weighted by molar-refractivity contribution is 7.89. The van der Waals surface area contributed by atoms with Gasteiger partial charge in [0.05, 0.1) is 0 Å². The molecule has 0 atom stereocenters. The summed E-state index contributed by atoms with van der Waals surface area (Å²) < 4.78 is 37.6. The Labute approximate surface area is 148 Å². The van der Waals surface area contributed by atoms with Crippen LogP contribution >= 0.6 is 0 Å². The third-order valence-electron chi connectivity index (χ3n) is 4.58. The average molecular weight is 370 g/mol. The summed E-state index contributed by atoms with van der Waals surface area (Å²) in [6.07, 6.45) is 4.98. The molecule has 1 amide bonds. The van der Waals surface area contributed by atoms with Gasteiger partial charge in [0.15, 0.2) is 5.76 Å². The first-order chi connectivity index (χ1) is 12.0. The molecule has 0 spiro atoms. The molecule has 0 unspecified atom stereocenters. The van der Waals surface area contributed by atoms with Crippen LogP contribution in [0.5, 0.6) is 0 Å². The Kier molecular flexibility index (Phi) is 5.81. The van der Waals surface area contributed by atoms with Crippen molar-refractivity contribution in [3.8, 4) is 0 Å². The van der Waals surface area contributed by atoms with Crippen molar-refractivity contribution in [3.63, 3.8) is 0 Å². The van der Waals surface area contributed by atoms with E-state index in [0.717, 1.165) is 31.8 Å². The third-order valence-corrected chi connectivity index (χ3v) is 6.59. The minimum Gasteiger partial charge on any atom is -0.455 e. The predicted octanol–water partition coefficient (Wildman–Crippen LogP) is 1.92. The van der Waals surface area contributed by atoms with Crippen molar-refractivity contribution in [2.45, 2.75) is 43.9 Å². The molecule has 1 N–H and O–H groups in total. The number of nitrogens with zero attached hydrogens (tertiary/aromatic N) is 1. The summed E-state index contributed by atoms with van der Waals surface area (Å²) in [5, 5.41) is 2.74. The number of hydrogen-bond donors (Lipinski definition) is 1. The first-order valence-corrected chi connectivity index (χ1v) is 10.4. The van der Waals surface area contributed by atoms with Crippen molar-refractivity contribution in [3.05, 3.63) is 17.6 Å². The zero-order valence-corrected chi connectivity index (χ0v) is 15.4. The molecule has 25 heavy (non-hydrogen) atoms. The van der Waals surface area contributed by atoms with Crippen LogP contribution in [-0.2, 0) is 14.8 Å². The maximum atomic E-state index is 12.6. The van der Waals surface area contributed by atoms with Crippen LogP contribution < -0.4 is 5.32 Å². The van der Waals surface area contributed by atoms with Crippen molar-refractivity contribution in [2.24, 2.45) is 5.92 Å². The van der Waals surface area contributed by atoms with Crippen LogP contribution in [0.1, 0.15) is 48.4 Å². The molecule has 140 valence electrons. The van der Waals surface area contributed by atoms with E-state index in [1.807, 2.05) is 0 Å². The van der Waals surface area contributed by atoms with Crippen LogP contribution in [0.3, 0.4) is 0 Å². The second-order valence-electron chi connectivity index (χ2n) is 6.77. The number of hydrogen-bond acceptors (Lipinski definition) is 5. The lowest BCUT2D eigenvalue weighted by atomic mass is 10.4. The average Bonchev–Trinajstić information content (AvgIpc) is 3.07. The Hall–Kier alpha value is -1.38. The topological polar surface area (TPSA) is 88.8 Å². The Balaban J connectivity index is 1.51. The fourth-order valence-electron chi connectivity index (χ4n) is 2.90. The molecule has 0 aromatic carbocycles. The molecule has 2 aliphatic rings. The summed E-state index contributed by atoms with van der Waals surface area (Å²) in [7, 11) is -3.58. The Morgan fingerprint density at radius 1 is 1.36 bits per heavy atom. The SMILES string of the molecule is Cc1oc(C(=O)NCCCOCC2CC2)cc1S(=O)(=O)N1CCCC1. The molecule has 1 aliphatic heterocycles. The third kappa shape index (κ3) is 4.62. The van der Waals surface area contributed by atoms with E-state index < -0.39 is 15.9 Å². The van der Waals surface area contributed by atoms with Gasteiger partial charge in [0.1, 0.15) is 10.7 Å². The smallest absolute Gasteiger partial charge is 0.287 e. The summed E-state index contributed by atoms with van der Waals surface area (Å²) in [5.74, 6) is 0.629. The molecular weight excluding hydrogens is 344 g/mol. The molecule has 3 rings (SSSR count). The van der Waals surface area contributed by atoms with Gasteiger partial charge in [-0.1, -0.05) is 0 Å². The van der Waals surface area contributed by atoms with Gasteiger partial charge in [-0.05, 0) is 44.9 Å². The Morgan fingerprint density at radius 3 is 2.76 bits per heavy atom. The maximum Gasteiger partial charge on any atom is 0.287 e. The maximum absolute atomic E-state index is 12.6. The van der Waals surface area contributed by atoms with Gasteiger partial charge in [0.2, 0.25) is 10.0 Å². The van der Waals surface area contributed by atoms with Crippen LogP contribution in [0, 0.1) is 12.8 Å². The van der Waals surface area contributed by atoms with Crippen LogP contribution in [0.25, 0.3) is 0 Å². The fourth-order valence-corrected chi connectivity index (χ4v) is 4.58. The largest absolute Gasteiger partial charge is 0.455 e. The van der Waals surface area contributed by atoms with Gasteiger partial charge in [0, 0.05) is 38.9 Å². The minimum atomic E-state index is -3.58.